The maximum atomic E-state index is 13.7. The number of rotatable bonds is 7. The zero-order valence-corrected chi connectivity index (χ0v) is 19.2. The minimum Gasteiger partial charge on any atom is -0.496 e. The summed E-state index contributed by atoms with van der Waals surface area (Å²) in [4.78, 5) is 24.2. The lowest BCUT2D eigenvalue weighted by atomic mass is 10.1. The van der Waals surface area contributed by atoms with Crippen LogP contribution in [-0.2, 0) is 6.54 Å². The number of fused-ring (bicyclic) bond motifs is 1. The number of carbonyl (C=O) groups is 1. The van der Waals surface area contributed by atoms with Crippen molar-refractivity contribution in [1.29, 1.82) is 0 Å². The largest absolute Gasteiger partial charge is 0.496 e. The van der Waals surface area contributed by atoms with E-state index in [9.17, 15) is 4.79 Å². The molecule has 0 spiro atoms. The molecule has 0 aliphatic heterocycles. The molecule has 2 aromatic heterocycles. The summed E-state index contributed by atoms with van der Waals surface area (Å²) in [6.07, 6.45) is 3.40. The van der Waals surface area contributed by atoms with Gasteiger partial charge in [-0.05, 0) is 42.0 Å². The van der Waals surface area contributed by atoms with Crippen LogP contribution >= 0.6 is 22.9 Å². The third kappa shape index (κ3) is 4.19. The van der Waals surface area contributed by atoms with Crippen molar-refractivity contribution in [3.8, 4) is 17.2 Å². The van der Waals surface area contributed by atoms with Gasteiger partial charge in [-0.15, -0.1) is 0 Å². The summed E-state index contributed by atoms with van der Waals surface area (Å²) in [5.41, 5.74) is 1.80. The second-order valence-corrected chi connectivity index (χ2v) is 8.16. The fourth-order valence-electron chi connectivity index (χ4n) is 3.28. The molecule has 9 heteroatoms. The number of methoxy groups -OCH3 is 3. The van der Waals surface area contributed by atoms with Gasteiger partial charge < -0.3 is 14.2 Å². The summed E-state index contributed by atoms with van der Waals surface area (Å²) in [5.74, 6) is 1.37. The molecular weight excluding hydrogens is 450 g/mol. The molecule has 2 heterocycles. The SMILES string of the molecule is COc1ccc(Cl)cc1C(=O)N(Cc1cccnc1)c1nc2c(OC)ccc(OC)c2s1. The number of hydrogen-bond donors (Lipinski definition) is 0. The van der Waals surface area contributed by atoms with E-state index < -0.39 is 0 Å². The van der Waals surface area contributed by atoms with Crippen molar-refractivity contribution >= 4 is 44.2 Å². The molecular formula is C23H20ClN3O4S. The second kappa shape index (κ2) is 9.42. The van der Waals surface area contributed by atoms with E-state index in [1.165, 1.54) is 18.4 Å². The second-order valence-electron chi connectivity index (χ2n) is 6.74. The van der Waals surface area contributed by atoms with Gasteiger partial charge in [-0.25, -0.2) is 4.98 Å². The van der Waals surface area contributed by atoms with E-state index in [4.69, 9.17) is 30.8 Å². The van der Waals surface area contributed by atoms with Gasteiger partial charge in [0.2, 0.25) is 0 Å². The summed E-state index contributed by atoms with van der Waals surface area (Å²) < 4.78 is 17.2. The number of ether oxygens (including phenoxy) is 3. The molecule has 0 fully saturated rings. The zero-order chi connectivity index (χ0) is 22.7. The van der Waals surface area contributed by atoms with Crippen LogP contribution in [0.5, 0.6) is 17.2 Å². The van der Waals surface area contributed by atoms with Crippen molar-refractivity contribution in [3.63, 3.8) is 0 Å². The van der Waals surface area contributed by atoms with Crippen molar-refractivity contribution in [3.05, 3.63) is 71.0 Å². The Morgan fingerprint density at radius 3 is 2.44 bits per heavy atom. The minimum absolute atomic E-state index is 0.257. The molecule has 0 saturated carbocycles. The Balaban J connectivity index is 1.87. The average molecular weight is 470 g/mol. The van der Waals surface area contributed by atoms with E-state index in [-0.39, 0.29) is 12.5 Å². The monoisotopic (exact) mass is 469 g/mol. The van der Waals surface area contributed by atoms with Crippen LogP contribution in [0.4, 0.5) is 5.13 Å². The van der Waals surface area contributed by atoms with Crippen LogP contribution in [0.3, 0.4) is 0 Å². The number of carbonyl (C=O) groups excluding carboxylic acids is 1. The fraction of sp³-hybridized carbons (Fsp3) is 0.174. The van der Waals surface area contributed by atoms with Crippen LogP contribution < -0.4 is 19.1 Å². The molecule has 0 saturated heterocycles. The molecule has 0 aliphatic rings. The quantitative estimate of drug-likeness (QED) is 0.369. The predicted octanol–water partition coefficient (Wildman–Crippen LogP) is 5.22. The van der Waals surface area contributed by atoms with Gasteiger partial charge in [0, 0.05) is 17.4 Å². The maximum absolute atomic E-state index is 13.7. The Kier molecular flexibility index (Phi) is 6.43. The smallest absolute Gasteiger partial charge is 0.264 e. The highest BCUT2D eigenvalue weighted by atomic mass is 35.5. The third-order valence-electron chi connectivity index (χ3n) is 4.83. The highest BCUT2D eigenvalue weighted by molar-refractivity contribution is 7.22. The summed E-state index contributed by atoms with van der Waals surface area (Å²) in [5, 5.41) is 0.918. The Morgan fingerprint density at radius 1 is 1.03 bits per heavy atom. The zero-order valence-electron chi connectivity index (χ0n) is 17.7. The Bertz CT molecular complexity index is 1220. The van der Waals surface area contributed by atoms with Gasteiger partial charge >= 0.3 is 0 Å². The number of benzene rings is 2. The Labute approximate surface area is 194 Å². The average Bonchev–Trinajstić information content (AvgIpc) is 3.27. The number of aromatic nitrogens is 2. The molecule has 2 aromatic carbocycles. The summed E-state index contributed by atoms with van der Waals surface area (Å²) in [6, 6.07) is 12.3. The van der Waals surface area contributed by atoms with Gasteiger partial charge in [-0.3, -0.25) is 14.7 Å². The summed E-state index contributed by atoms with van der Waals surface area (Å²) >= 11 is 7.53. The van der Waals surface area contributed by atoms with E-state index in [1.807, 2.05) is 18.2 Å². The van der Waals surface area contributed by atoms with Crippen molar-refractivity contribution in [2.75, 3.05) is 26.2 Å². The number of nitrogens with zero attached hydrogens (tertiary/aromatic N) is 3. The van der Waals surface area contributed by atoms with Crippen LogP contribution in [0.1, 0.15) is 15.9 Å². The van der Waals surface area contributed by atoms with Gasteiger partial charge in [-0.1, -0.05) is 29.0 Å². The summed E-state index contributed by atoms with van der Waals surface area (Å²) in [7, 11) is 4.69. The molecule has 32 heavy (non-hydrogen) atoms. The molecule has 4 rings (SSSR count). The van der Waals surface area contributed by atoms with Crippen LogP contribution in [0.2, 0.25) is 5.02 Å². The van der Waals surface area contributed by atoms with Crippen LogP contribution in [0.25, 0.3) is 10.2 Å². The first-order valence-corrected chi connectivity index (χ1v) is 10.8. The van der Waals surface area contributed by atoms with Gasteiger partial charge in [0.25, 0.3) is 5.91 Å². The Morgan fingerprint density at radius 2 is 1.75 bits per heavy atom. The van der Waals surface area contributed by atoms with Gasteiger partial charge in [0.05, 0.1) is 33.4 Å². The van der Waals surface area contributed by atoms with E-state index in [0.717, 1.165) is 10.3 Å². The van der Waals surface area contributed by atoms with Crippen LogP contribution in [0.15, 0.2) is 54.9 Å². The predicted molar refractivity (Wildman–Crippen MR) is 125 cm³/mol. The number of pyridine rings is 1. The van der Waals surface area contributed by atoms with E-state index in [2.05, 4.69) is 4.98 Å². The number of halogens is 1. The molecule has 0 aliphatic carbocycles. The van der Waals surface area contributed by atoms with E-state index >= 15 is 0 Å². The number of anilines is 1. The first-order chi connectivity index (χ1) is 15.5. The number of thiazole rings is 1. The van der Waals surface area contributed by atoms with Gasteiger partial charge in [0.1, 0.15) is 27.5 Å². The maximum Gasteiger partial charge on any atom is 0.264 e. The lowest BCUT2D eigenvalue weighted by Gasteiger charge is -2.21. The van der Waals surface area contributed by atoms with Gasteiger partial charge in [0.15, 0.2) is 5.13 Å². The third-order valence-corrected chi connectivity index (χ3v) is 6.16. The molecule has 7 nitrogen and oxygen atoms in total. The molecule has 0 atom stereocenters. The number of amides is 1. The molecule has 0 unspecified atom stereocenters. The molecule has 0 bridgehead atoms. The highest BCUT2D eigenvalue weighted by Gasteiger charge is 2.26. The van der Waals surface area contributed by atoms with Crippen molar-refractivity contribution < 1.29 is 19.0 Å². The first kappa shape index (κ1) is 21.9. The molecule has 164 valence electrons. The summed E-state index contributed by atoms with van der Waals surface area (Å²) in [6.45, 7) is 0.257. The van der Waals surface area contributed by atoms with Crippen LogP contribution in [0, 0.1) is 0 Å². The van der Waals surface area contributed by atoms with Crippen LogP contribution in [-0.4, -0.2) is 37.2 Å². The minimum atomic E-state index is -0.301. The topological polar surface area (TPSA) is 73.8 Å². The van der Waals surface area contributed by atoms with E-state index in [1.54, 1.807) is 55.8 Å². The van der Waals surface area contributed by atoms with E-state index in [0.29, 0.717) is 38.5 Å². The van der Waals surface area contributed by atoms with Gasteiger partial charge in [-0.2, -0.15) is 0 Å². The number of hydrogen-bond acceptors (Lipinski definition) is 7. The molecule has 0 N–H and O–H groups in total. The lowest BCUT2D eigenvalue weighted by Crippen LogP contribution is -2.30. The van der Waals surface area contributed by atoms with Crippen molar-refractivity contribution in [2.24, 2.45) is 0 Å². The van der Waals surface area contributed by atoms with Crippen molar-refractivity contribution in [2.45, 2.75) is 6.54 Å². The normalized spacial score (nSPS) is 10.8. The molecule has 4 aromatic rings. The Hall–Kier alpha value is -3.36. The first-order valence-electron chi connectivity index (χ1n) is 9.61. The molecule has 0 radical (unpaired) electrons. The highest BCUT2D eigenvalue weighted by Crippen LogP contribution is 2.41. The lowest BCUT2D eigenvalue weighted by molar-refractivity contribution is 0.0982. The molecule has 1 amide bonds. The van der Waals surface area contributed by atoms with Crippen molar-refractivity contribution in [1.82, 2.24) is 9.97 Å². The fourth-order valence-corrected chi connectivity index (χ4v) is 4.53. The standard InChI is InChI=1S/C23H20ClN3O4S/c1-29-17-7-6-15(24)11-16(17)22(28)27(13-14-5-4-10-25-12-14)23-26-20-18(30-2)8-9-19(31-3)21(20)32-23/h4-12H,13H2,1-3H3.